The molecule has 0 bridgehead atoms. The molecule has 1 nitrogen and oxygen atoms in total. The van der Waals surface area contributed by atoms with Gasteiger partial charge in [0, 0.05) is 5.57 Å². The Kier molecular flexibility index (Phi) is 2.70. The number of hydrogen-bond acceptors (Lipinski definition) is 1. The molecule has 0 radical (unpaired) electrons. The van der Waals surface area contributed by atoms with Crippen LogP contribution in [-0.2, 0) is 0 Å². The molecule has 0 spiro atoms. The van der Waals surface area contributed by atoms with Crippen molar-refractivity contribution in [1.29, 1.82) is 5.26 Å². The van der Waals surface area contributed by atoms with Crippen molar-refractivity contribution < 1.29 is 0 Å². The number of allylic oxidation sites excluding steroid dienone is 4. The molecular weight excluding hydrogens is 146 g/mol. The van der Waals surface area contributed by atoms with E-state index in [-0.39, 0.29) is 0 Å². The van der Waals surface area contributed by atoms with E-state index in [1.54, 1.807) is 0 Å². The number of hydrogen-bond donors (Lipinski definition) is 0. The Bertz CT molecular complexity index is 263. The molecule has 0 aliphatic heterocycles. The van der Waals surface area contributed by atoms with Crippen molar-refractivity contribution in [3.8, 4) is 6.07 Å². The monoisotopic (exact) mass is 161 g/mol. The van der Waals surface area contributed by atoms with E-state index in [2.05, 4.69) is 39.0 Å². The van der Waals surface area contributed by atoms with Gasteiger partial charge < -0.3 is 0 Å². The summed E-state index contributed by atoms with van der Waals surface area (Å²) in [7, 11) is 0. The second-order valence-corrected chi connectivity index (χ2v) is 3.67. The highest BCUT2D eigenvalue weighted by Crippen LogP contribution is 2.28. The van der Waals surface area contributed by atoms with Gasteiger partial charge >= 0.3 is 0 Å². The lowest BCUT2D eigenvalue weighted by atomic mass is 9.84. The van der Waals surface area contributed by atoms with Gasteiger partial charge in [0.15, 0.2) is 0 Å². The highest BCUT2D eigenvalue weighted by molar-refractivity contribution is 5.40. The Hall–Kier alpha value is -1.03. The van der Waals surface area contributed by atoms with E-state index in [1.165, 1.54) is 5.57 Å². The Labute approximate surface area is 74.4 Å². The molecule has 1 aliphatic carbocycles. The fraction of sp³-hybridized carbons (Fsp3) is 0.545. The third-order valence-electron chi connectivity index (χ3n) is 2.33. The minimum absolute atomic E-state index is 0.414. The molecule has 1 unspecified atom stereocenters. The van der Waals surface area contributed by atoms with Crippen LogP contribution < -0.4 is 0 Å². The van der Waals surface area contributed by atoms with Crippen molar-refractivity contribution in [1.82, 2.24) is 0 Å². The van der Waals surface area contributed by atoms with Gasteiger partial charge in [-0.05, 0) is 23.8 Å². The Morgan fingerprint density at radius 3 is 2.67 bits per heavy atom. The van der Waals surface area contributed by atoms with Gasteiger partial charge in [0.05, 0.1) is 6.07 Å². The molecule has 1 rings (SSSR count). The molecule has 1 heteroatoms. The van der Waals surface area contributed by atoms with E-state index < -0.39 is 0 Å². The zero-order chi connectivity index (χ0) is 9.14. The summed E-state index contributed by atoms with van der Waals surface area (Å²) < 4.78 is 0. The summed E-state index contributed by atoms with van der Waals surface area (Å²) in [4.78, 5) is 0. The van der Waals surface area contributed by atoms with E-state index in [1.807, 2.05) is 0 Å². The van der Waals surface area contributed by atoms with E-state index in [4.69, 9.17) is 5.26 Å². The van der Waals surface area contributed by atoms with Crippen molar-refractivity contribution in [3.05, 3.63) is 23.3 Å². The Balaban J connectivity index is 3.05. The maximum Gasteiger partial charge on any atom is 0.0953 e. The van der Waals surface area contributed by atoms with Crippen molar-refractivity contribution in [2.45, 2.75) is 27.2 Å². The van der Waals surface area contributed by atoms with Crippen LogP contribution in [0.4, 0.5) is 0 Å². The van der Waals surface area contributed by atoms with Gasteiger partial charge in [-0.2, -0.15) is 5.26 Å². The van der Waals surface area contributed by atoms with Crippen LogP contribution in [0, 0.1) is 23.2 Å². The summed E-state index contributed by atoms with van der Waals surface area (Å²) in [5.41, 5.74) is 2.20. The predicted octanol–water partition coefficient (Wildman–Crippen LogP) is 3.06. The van der Waals surface area contributed by atoms with E-state index in [0.29, 0.717) is 11.8 Å². The lowest BCUT2D eigenvalue weighted by Gasteiger charge is -2.19. The minimum atomic E-state index is 0.414. The fourth-order valence-corrected chi connectivity index (χ4v) is 1.57. The van der Waals surface area contributed by atoms with Crippen molar-refractivity contribution in [2.75, 3.05) is 0 Å². The average Bonchev–Trinajstić information content (AvgIpc) is 2.03. The second-order valence-electron chi connectivity index (χ2n) is 3.67. The van der Waals surface area contributed by atoms with Gasteiger partial charge in [0.25, 0.3) is 0 Å². The first-order valence-corrected chi connectivity index (χ1v) is 4.47. The molecule has 0 aromatic carbocycles. The number of nitriles is 1. The maximum atomic E-state index is 8.94. The summed E-state index contributed by atoms with van der Waals surface area (Å²) >= 11 is 0. The van der Waals surface area contributed by atoms with Gasteiger partial charge in [-0.15, -0.1) is 0 Å². The van der Waals surface area contributed by atoms with E-state index >= 15 is 0 Å². The Morgan fingerprint density at radius 1 is 1.58 bits per heavy atom. The van der Waals surface area contributed by atoms with E-state index in [0.717, 1.165) is 12.0 Å². The summed E-state index contributed by atoms with van der Waals surface area (Å²) in [6, 6.07) is 2.31. The van der Waals surface area contributed by atoms with Gasteiger partial charge in [-0.3, -0.25) is 0 Å². The fourth-order valence-electron chi connectivity index (χ4n) is 1.57. The summed E-state index contributed by atoms with van der Waals surface area (Å²) in [6.45, 7) is 6.38. The molecular formula is C11H15N. The molecule has 0 heterocycles. The smallest absolute Gasteiger partial charge is 0.0953 e. The topological polar surface area (TPSA) is 23.8 Å². The zero-order valence-electron chi connectivity index (χ0n) is 7.96. The molecule has 0 amide bonds. The minimum Gasteiger partial charge on any atom is -0.193 e. The molecule has 0 saturated carbocycles. The van der Waals surface area contributed by atoms with Crippen molar-refractivity contribution >= 4 is 0 Å². The van der Waals surface area contributed by atoms with Crippen molar-refractivity contribution in [3.63, 3.8) is 0 Å². The zero-order valence-corrected chi connectivity index (χ0v) is 7.96. The molecule has 0 aromatic heterocycles. The van der Waals surface area contributed by atoms with Crippen LogP contribution in [0.15, 0.2) is 23.3 Å². The lowest BCUT2D eigenvalue weighted by molar-refractivity contribution is 0.663. The van der Waals surface area contributed by atoms with E-state index in [9.17, 15) is 0 Å². The lowest BCUT2D eigenvalue weighted by Crippen LogP contribution is -2.07. The van der Waals surface area contributed by atoms with Gasteiger partial charge in [0.2, 0.25) is 0 Å². The number of nitrogens with zero attached hydrogens (tertiary/aromatic N) is 1. The third kappa shape index (κ3) is 1.58. The van der Waals surface area contributed by atoms with Crippen LogP contribution in [-0.4, -0.2) is 0 Å². The Morgan fingerprint density at radius 2 is 2.25 bits per heavy atom. The van der Waals surface area contributed by atoms with Crippen LogP contribution in [0.25, 0.3) is 0 Å². The summed E-state index contributed by atoms with van der Waals surface area (Å²) in [5.74, 6) is 0.885. The highest BCUT2D eigenvalue weighted by Gasteiger charge is 2.16. The largest absolute Gasteiger partial charge is 0.193 e. The normalized spacial score (nSPS) is 23.1. The van der Waals surface area contributed by atoms with Gasteiger partial charge in [-0.25, -0.2) is 0 Å². The van der Waals surface area contributed by atoms with Gasteiger partial charge in [-0.1, -0.05) is 32.9 Å². The molecule has 0 fully saturated rings. The summed E-state index contributed by atoms with van der Waals surface area (Å²) in [5, 5.41) is 8.94. The van der Waals surface area contributed by atoms with Crippen LogP contribution in [0.1, 0.15) is 27.2 Å². The molecule has 0 saturated heterocycles. The molecule has 1 atom stereocenters. The first-order valence-electron chi connectivity index (χ1n) is 4.47. The van der Waals surface area contributed by atoms with Crippen LogP contribution in [0.3, 0.4) is 0 Å². The molecule has 64 valence electrons. The quantitative estimate of drug-likeness (QED) is 0.579. The molecule has 0 N–H and O–H groups in total. The standard InChI is InChI=1S/C11H15N/c1-8(2)10-6-4-5-9(3)11(10)7-12/h4,6,8-9H,5H2,1-3H3. The molecule has 1 aliphatic rings. The predicted molar refractivity (Wildman–Crippen MR) is 50.4 cm³/mol. The first kappa shape index (κ1) is 9.06. The van der Waals surface area contributed by atoms with Crippen LogP contribution >= 0.6 is 0 Å². The maximum absolute atomic E-state index is 8.94. The van der Waals surface area contributed by atoms with Crippen molar-refractivity contribution in [2.24, 2.45) is 11.8 Å². The van der Waals surface area contributed by atoms with Crippen LogP contribution in [0.2, 0.25) is 0 Å². The SMILES string of the molecule is CC(C)C1=C(C#N)C(C)CC=C1. The molecule has 12 heavy (non-hydrogen) atoms. The average molecular weight is 161 g/mol. The molecule has 0 aromatic rings. The van der Waals surface area contributed by atoms with Gasteiger partial charge in [0.1, 0.15) is 0 Å². The van der Waals surface area contributed by atoms with Crippen LogP contribution in [0.5, 0.6) is 0 Å². The summed E-state index contributed by atoms with van der Waals surface area (Å²) in [6.07, 6.45) is 5.28. The third-order valence-corrected chi connectivity index (χ3v) is 2.33. The first-order chi connectivity index (χ1) is 5.66. The second kappa shape index (κ2) is 3.58. The number of rotatable bonds is 1. The highest BCUT2D eigenvalue weighted by atomic mass is 14.3.